The van der Waals surface area contributed by atoms with Crippen LogP contribution in [0.4, 0.5) is 0 Å². The van der Waals surface area contributed by atoms with Crippen molar-refractivity contribution >= 4 is 5.91 Å². The standard InChI is InChI=1S/C12H24N2O/c1-10-4-3-5-11(8-10)6-7-14-9-12(15)13-2/h10-11,14H,3-9H2,1-2H3,(H,13,15). The van der Waals surface area contributed by atoms with Crippen LogP contribution in [0.3, 0.4) is 0 Å². The third kappa shape index (κ3) is 5.17. The maximum Gasteiger partial charge on any atom is 0.233 e. The Labute approximate surface area is 93.0 Å². The van der Waals surface area contributed by atoms with E-state index in [1.54, 1.807) is 7.05 Å². The van der Waals surface area contributed by atoms with E-state index in [9.17, 15) is 4.79 Å². The van der Waals surface area contributed by atoms with Crippen molar-refractivity contribution in [2.45, 2.75) is 39.0 Å². The molecule has 0 radical (unpaired) electrons. The molecule has 3 heteroatoms. The molecule has 1 amide bonds. The molecule has 0 bridgehead atoms. The SMILES string of the molecule is CNC(=O)CNCCC1CCCC(C)C1. The lowest BCUT2D eigenvalue weighted by atomic mass is 9.81. The molecule has 0 aromatic rings. The zero-order valence-electron chi connectivity index (χ0n) is 10.0. The Balaban J connectivity index is 2.02. The van der Waals surface area contributed by atoms with E-state index in [4.69, 9.17) is 0 Å². The first-order valence-corrected chi connectivity index (χ1v) is 6.13. The zero-order chi connectivity index (χ0) is 11.1. The summed E-state index contributed by atoms with van der Waals surface area (Å²) in [6, 6.07) is 0. The number of nitrogens with one attached hydrogen (secondary N) is 2. The molecule has 88 valence electrons. The van der Waals surface area contributed by atoms with Crippen molar-refractivity contribution in [1.82, 2.24) is 10.6 Å². The summed E-state index contributed by atoms with van der Waals surface area (Å²) in [5.41, 5.74) is 0. The molecule has 1 aliphatic carbocycles. The molecular formula is C12H24N2O. The molecule has 0 spiro atoms. The molecule has 15 heavy (non-hydrogen) atoms. The Morgan fingerprint density at radius 1 is 1.40 bits per heavy atom. The summed E-state index contributed by atoms with van der Waals surface area (Å²) < 4.78 is 0. The van der Waals surface area contributed by atoms with Gasteiger partial charge >= 0.3 is 0 Å². The Morgan fingerprint density at radius 2 is 2.20 bits per heavy atom. The molecule has 0 saturated heterocycles. The third-order valence-corrected chi connectivity index (χ3v) is 3.34. The highest BCUT2D eigenvalue weighted by atomic mass is 16.1. The van der Waals surface area contributed by atoms with E-state index in [-0.39, 0.29) is 5.91 Å². The number of amides is 1. The number of carbonyl (C=O) groups is 1. The molecule has 0 heterocycles. The number of rotatable bonds is 5. The molecule has 0 aromatic heterocycles. The highest BCUT2D eigenvalue weighted by molar-refractivity contribution is 5.77. The number of likely N-dealkylation sites (N-methyl/N-ethyl adjacent to an activating group) is 1. The molecule has 0 aromatic carbocycles. The Morgan fingerprint density at radius 3 is 2.87 bits per heavy atom. The Hall–Kier alpha value is -0.570. The van der Waals surface area contributed by atoms with Crippen LogP contribution in [0, 0.1) is 11.8 Å². The van der Waals surface area contributed by atoms with Crippen molar-refractivity contribution in [2.75, 3.05) is 20.1 Å². The summed E-state index contributed by atoms with van der Waals surface area (Å²) in [6.07, 6.45) is 6.78. The highest BCUT2D eigenvalue weighted by Gasteiger charge is 2.18. The topological polar surface area (TPSA) is 41.1 Å². The van der Waals surface area contributed by atoms with Gasteiger partial charge < -0.3 is 10.6 Å². The second kappa shape index (κ2) is 6.83. The first-order valence-electron chi connectivity index (χ1n) is 6.13. The van der Waals surface area contributed by atoms with Gasteiger partial charge in [0.2, 0.25) is 5.91 Å². The van der Waals surface area contributed by atoms with Gasteiger partial charge in [-0.05, 0) is 31.2 Å². The first kappa shape index (κ1) is 12.5. The summed E-state index contributed by atoms with van der Waals surface area (Å²) in [6.45, 7) is 3.79. The van der Waals surface area contributed by atoms with E-state index in [2.05, 4.69) is 17.6 Å². The van der Waals surface area contributed by atoms with Crippen LogP contribution in [0.15, 0.2) is 0 Å². The van der Waals surface area contributed by atoms with Crippen LogP contribution in [0.25, 0.3) is 0 Å². The van der Waals surface area contributed by atoms with Gasteiger partial charge in [0.25, 0.3) is 0 Å². The quantitative estimate of drug-likeness (QED) is 0.679. The van der Waals surface area contributed by atoms with Gasteiger partial charge in [-0.15, -0.1) is 0 Å². The van der Waals surface area contributed by atoms with E-state index in [0.29, 0.717) is 6.54 Å². The summed E-state index contributed by atoms with van der Waals surface area (Å²) in [7, 11) is 1.67. The van der Waals surface area contributed by atoms with Crippen molar-refractivity contribution in [3.63, 3.8) is 0 Å². The average molecular weight is 212 g/mol. The van der Waals surface area contributed by atoms with Gasteiger partial charge in [-0.1, -0.05) is 26.2 Å². The van der Waals surface area contributed by atoms with Crippen molar-refractivity contribution in [3.8, 4) is 0 Å². The van der Waals surface area contributed by atoms with Crippen LogP contribution in [-0.2, 0) is 4.79 Å². The summed E-state index contributed by atoms with van der Waals surface area (Å²) in [5, 5.41) is 5.80. The average Bonchev–Trinajstić information content (AvgIpc) is 2.24. The monoisotopic (exact) mass is 212 g/mol. The Kier molecular flexibility index (Phi) is 5.69. The largest absolute Gasteiger partial charge is 0.358 e. The fourth-order valence-electron chi connectivity index (χ4n) is 2.42. The lowest BCUT2D eigenvalue weighted by molar-refractivity contribution is -0.119. The van der Waals surface area contributed by atoms with E-state index in [0.717, 1.165) is 18.4 Å². The summed E-state index contributed by atoms with van der Waals surface area (Å²) >= 11 is 0. The molecule has 1 rings (SSSR count). The van der Waals surface area contributed by atoms with Crippen molar-refractivity contribution in [3.05, 3.63) is 0 Å². The van der Waals surface area contributed by atoms with Crippen LogP contribution < -0.4 is 10.6 Å². The minimum atomic E-state index is 0.0759. The van der Waals surface area contributed by atoms with Crippen molar-refractivity contribution in [2.24, 2.45) is 11.8 Å². The van der Waals surface area contributed by atoms with Gasteiger partial charge in [0, 0.05) is 7.05 Å². The molecule has 2 N–H and O–H groups in total. The van der Waals surface area contributed by atoms with Crippen molar-refractivity contribution in [1.29, 1.82) is 0 Å². The highest BCUT2D eigenvalue weighted by Crippen LogP contribution is 2.30. The molecule has 0 aliphatic heterocycles. The van der Waals surface area contributed by atoms with Gasteiger partial charge in [-0.25, -0.2) is 0 Å². The van der Waals surface area contributed by atoms with Gasteiger partial charge in [0.15, 0.2) is 0 Å². The number of hydrogen-bond donors (Lipinski definition) is 2. The normalized spacial score (nSPS) is 26.3. The number of carbonyl (C=O) groups excluding carboxylic acids is 1. The third-order valence-electron chi connectivity index (χ3n) is 3.34. The lowest BCUT2D eigenvalue weighted by Crippen LogP contribution is -2.32. The number of hydrogen-bond acceptors (Lipinski definition) is 2. The molecule has 2 atom stereocenters. The van der Waals surface area contributed by atoms with Gasteiger partial charge in [-0.2, -0.15) is 0 Å². The smallest absolute Gasteiger partial charge is 0.233 e. The second-order valence-electron chi connectivity index (χ2n) is 4.78. The minimum Gasteiger partial charge on any atom is -0.358 e. The van der Waals surface area contributed by atoms with Crippen LogP contribution in [0.5, 0.6) is 0 Å². The zero-order valence-corrected chi connectivity index (χ0v) is 10.0. The van der Waals surface area contributed by atoms with Crippen molar-refractivity contribution < 1.29 is 4.79 Å². The summed E-state index contributed by atoms with van der Waals surface area (Å²) in [5.74, 6) is 1.86. The van der Waals surface area contributed by atoms with Gasteiger partial charge in [0.1, 0.15) is 0 Å². The summed E-state index contributed by atoms with van der Waals surface area (Å²) in [4.78, 5) is 10.9. The van der Waals surface area contributed by atoms with Crippen LogP contribution in [-0.4, -0.2) is 26.0 Å². The fourth-order valence-corrected chi connectivity index (χ4v) is 2.42. The van der Waals surface area contributed by atoms with E-state index >= 15 is 0 Å². The molecule has 1 fully saturated rings. The molecular weight excluding hydrogens is 188 g/mol. The van der Waals surface area contributed by atoms with Gasteiger partial charge in [0.05, 0.1) is 6.54 Å². The fraction of sp³-hybridized carbons (Fsp3) is 0.917. The van der Waals surface area contributed by atoms with Crippen LogP contribution >= 0.6 is 0 Å². The first-order chi connectivity index (χ1) is 7.22. The van der Waals surface area contributed by atoms with Crippen LogP contribution in [0.1, 0.15) is 39.0 Å². The molecule has 1 saturated carbocycles. The predicted molar refractivity (Wildman–Crippen MR) is 62.7 cm³/mol. The van der Waals surface area contributed by atoms with Gasteiger partial charge in [-0.3, -0.25) is 4.79 Å². The van der Waals surface area contributed by atoms with E-state index < -0.39 is 0 Å². The van der Waals surface area contributed by atoms with E-state index in [1.165, 1.54) is 32.1 Å². The minimum absolute atomic E-state index is 0.0759. The molecule has 2 unspecified atom stereocenters. The predicted octanol–water partition coefficient (Wildman–Crippen LogP) is 1.54. The maximum absolute atomic E-state index is 10.9. The van der Waals surface area contributed by atoms with E-state index in [1.807, 2.05) is 0 Å². The lowest BCUT2D eigenvalue weighted by Gasteiger charge is -2.26. The Bertz CT molecular complexity index is 194. The second-order valence-corrected chi connectivity index (χ2v) is 4.78. The maximum atomic E-state index is 10.9. The molecule has 1 aliphatic rings. The molecule has 3 nitrogen and oxygen atoms in total. The van der Waals surface area contributed by atoms with Crippen LogP contribution in [0.2, 0.25) is 0 Å².